The van der Waals surface area contributed by atoms with Gasteiger partial charge in [0, 0.05) is 9.99 Å². The van der Waals surface area contributed by atoms with Crippen LogP contribution < -0.4 is 0 Å². The Morgan fingerprint density at radius 3 is 2.79 bits per heavy atom. The third-order valence-electron chi connectivity index (χ3n) is 1.73. The fourth-order valence-corrected chi connectivity index (χ4v) is 1.85. The number of carboxylic acid groups (broad SMARTS) is 1. The van der Waals surface area contributed by atoms with Crippen LogP contribution in [0.2, 0.25) is 0 Å². The van der Waals surface area contributed by atoms with E-state index in [2.05, 4.69) is 22.6 Å². The Bertz CT molecular complexity index is 396. The quantitative estimate of drug-likeness (QED) is 0.872. The molecule has 3 nitrogen and oxygen atoms in total. The van der Waals surface area contributed by atoms with E-state index < -0.39 is 5.97 Å². The van der Waals surface area contributed by atoms with Crippen molar-refractivity contribution in [1.29, 1.82) is 5.26 Å². The maximum Gasteiger partial charge on any atom is 0.335 e. The monoisotopic (exact) mass is 301 g/mol. The summed E-state index contributed by atoms with van der Waals surface area (Å²) >= 11 is 2.07. The minimum absolute atomic E-state index is 0.282. The minimum atomic E-state index is -0.929. The molecule has 1 aromatic carbocycles. The molecule has 0 aliphatic heterocycles. The van der Waals surface area contributed by atoms with Gasteiger partial charge in [0.05, 0.1) is 11.6 Å². The average Bonchev–Trinajstić information content (AvgIpc) is 2.14. The minimum Gasteiger partial charge on any atom is -0.478 e. The third kappa shape index (κ3) is 3.00. The summed E-state index contributed by atoms with van der Waals surface area (Å²) in [5.41, 5.74) is 1.18. The molecule has 0 bridgehead atoms. The number of nitrogens with zero attached hydrogens (tertiary/aromatic N) is 1. The van der Waals surface area contributed by atoms with Crippen LogP contribution in [-0.2, 0) is 6.42 Å². The second-order valence-electron chi connectivity index (χ2n) is 2.81. The number of carboxylic acids is 1. The van der Waals surface area contributed by atoms with Crippen molar-refractivity contribution in [3.63, 3.8) is 0 Å². The van der Waals surface area contributed by atoms with Crippen LogP contribution >= 0.6 is 22.6 Å². The molecule has 0 fully saturated rings. The average molecular weight is 301 g/mol. The zero-order valence-corrected chi connectivity index (χ0v) is 9.48. The number of benzene rings is 1. The Kier molecular flexibility index (Phi) is 3.89. The fourth-order valence-electron chi connectivity index (χ4n) is 1.12. The van der Waals surface area contributed by atoms with E-state index in [4.69, 9.17) is 10.4 Å². The SMILES string of the molecule is N#CCCc1cc(I)cc(C(=O)O)c1. The lowest BCUT2D eigenvalue weighted by molar-refractivity contribution is 0.0696. The molecule has 4 heteroatoms. The molecule has 0 saturated carbocycles. The van der Waals surface area contributed by atoms with Gasteiger partial charge < -0.3 is 5.11 Å². The molecule has 1 rings (SSSR count). The fraction of sp³-hybridized carbons (Fsp3) is 0.200. The van der Waals surface area contributed by atoms with E-state index in [1.165, 1.54) is 0 Å². The summed E-state index contributed by atoms with van der Waals surface area (Å²) in [5, 5.41) is 17.2. The molecule has 1 aromatic rings. The van der Waals surface area contributed by atoms with Crippen LogP contribution in [0, 0.1) is 14.9 Å². The maximum atomic E-state index is 10.7. The Hall–Kier alpha value is -1.09. The summed E-state index contributed by atoms with van der Waals surface area (Å²) in [5.74, 6) is -0.929. The second-order valence-corrected chi connectivity index (χ2v) is 4.06. The first-order valence-corrected chi connectivity index (χ1v) is 5.11. The molecule has 0 aromatic heterocycles. The van der Waals surface area contributed by atoms with Crippen LogP contribution in [0.3, 0.4) is 0 Å². The Morgan fingerprint density at radius 2 is 2.21 bits per heavy atom. The highest BCUT2D eigenvalue weighted by molar-refractivity contribution is 14.1. The number of halogens is 1. The zero-order valence-electron chi connectivity index (χ0n) is 7.33. The van der Waals surface area contributed by atoms with Crippen LogP contribution in [0.15, 0.2) is 18.2 Å². The molecule has 0 saturated heterocycles. The smallest absolute Gasteiger partial charge is 0.335 e. The van der Waals surface area contributed by atoms with Gasteiger partial charge in [-0.15, -0.1) is 0 Å². The van der Waals surface area contributed by atoms with Crippen molar-refractivity contribution in [2.45, 2.75) is 12.8 Å². The van der Waals surface area contributed by atoms with Crippen molar-refractivity contribution in [3.05, 3.63) is 32.9 Å². The Labute approximate surface area is 95.5 Å². The van der Waals surface area contributed by atoms with E-state index in [0.29, 0.717) is 12.8 Å². The van der Waals surface area contributed by atoms with E-state index in [-0.39, 0.29) is 5.56 Å². The van der Waals surface area contributed by atoms with E-state index in [0.717, 1.165) is 9.13 Å². The molecular formula is C10H8INO2. The molecule has 1 N–H and O–H groups in total. The summed E-state index contributed by atoms with van der Waals surface area (Å²) in [6.07, 6.45) is 1.02. The predicted octanol–water partition coefficient (Wildman–Crippen LogP) is 2.45. The molecule has 14 heavy (non-hydrogen) atoms. The molecule has 0 unspecified atom stereocenters. The number of carbonyl (C=O) groups is 1. The summed E-state index contributed by atoms with van der Waals surface area (Å²) in [6, 6.07) is 7.15. The number of aromatic carboxylic acids is 1. The maximum absolute atomic E-state index is 10.7. The molecule has 0 spiro atoms. The zero-order chi connectivity index (χ0) is 10.6. The van der Waals surface area contributed by atoms with Gasteiger partial charge in [0.2, 0.25) is 0 Å². The van der Waals surface area contributed by atoms with Crippen LogP contribution in [0.4, 0.5) is 0 Å². The molecule has 72 valence electrons. The van der Waals surface area contributed by atoms with Gasteiger partial charge >= 0.3 is 5.97 Å². The largest absolute Gasteiger partial charge is 0.478 e. The van der Waals surface area contributed by atoms with E-state index in [9.17, 15) is 4.79 Å². The summed E-state index contributed by atoms with van der Waals surface area (Å²) in [4.78, 5) is 10.7. The van der Waals surface area contributed by atoms with Crippen molar-refractivity contribution in [1.82, 2.24) is 0 Å². The van der Waals surface area contributed by atoms with E-state index in [1.54, 1.807) is 12.1 Å². The Balaban J connectivity index is 2.96. The summed E-state index contributed by atoms with van der Waals surface area (Å²) < 4.78 is 0.885. The summed E-state index contributed by atoms with van der Waals surface area (Å²) in [7, 11) is 0. The number of hydrogen-bond acceptors (Lipinski definition) is 2. The first-order valence-electron chi connectivity index (χ1n) is 4.03. The van der Waals surface area contributed by atoms with Gasteiger partial charge in [-0.3, -0.25) is 0 Å². The van der Waals surface area contributed by atoms with E-state index >= 15 is 0 Å². The first kappa shape index (κ1) is 11.0. The molecule has 0 radical (unpaired) electrons. The van der Waals surface area contributed by atoms with Crippen molar-refractivity contribution >= 4 is 28.6 Å². The van der Waals surface area contributed by atoms with Crippen LogP contribution in [0.5, 0.6) is 0 Å². The van der Waals surface area contributed by atoms with Gasteiger partial charge in [-0.1, -0.05) is 0 Å². The lowest BCUT2D eigenvalue weighted by Gasteiger charge is -2.01. The van der Waals surface area contributed by atoms with Gasteiger partial charge in [-0.05, 0) is 52.8 Å². The third-order valence-corrected chi connectivity index (χ3v) is 2.35. The molecule has 0 amide bonds. The number of rotatable bonds is 3. The highest BCUT2D eigenvalue weighted by atomic mass is 127. The van der Waals surface area contributed by atoms with Crippen molar-refractivity contribution in [3.8, 4) is 6.07 Å². The van der Waals surface area contributed by atoms with Crippen LogP contribution in [-0.4, -0.2) is 11.1 Å². The molecular weight excluding hydrogens is 293 g/mol. The standard InChI is InChI=1S/C10H8INO2/c11-9-5-7(2-1-3-12)4-8(6-9)10(13)14/h4-6H,1-2H2,(H,13,14). The van der Waals surface area contributed by atoms with Gasteiger partial charge in [0.25, 0.3) is 0 Å². The first-order chi connectivity index (χ1) is 6.63. The number of nitriles is 1. The highest BCUT2D eigenvalue weighted by Crippen LogP contribution is 2.14. The lowest BCUT2D eigenvalue weighted by Crippen LogP contribution is -1.98. The summed E-state index contributed by atoms with van der Waals surface area (Å²) in [6.45, 7) is 0. The topological polar surface area (TPSA) is 61.1 Å². The second kappa shape index (κ2) is 4.96. The van der Waals surface area contributed by atoms with Crippen molar-refractivity contribution in [2.75, 3.05) is 0 Å². The predicted molar refractivity (Wildman–Crippen MR) is 60.1 cm³/mol. The number of aryl methyl sites for hydroxylation is 1. The molecule has 0 aliphatic rings. The van der Waals surface area contributed by atoms with Crippen LogP contribution in [0.25, 0.3) is 0 Å². The molecule has 0 heterocycles. The van der Waals surface area contributed by atoms with Gasteiger partial charge in [0.1, 0.15) is 0 Å². The van der Waals surface area contributed by atoms with Gasteiger partial charge in [-0.2, -0.15) is 5.26 Å². The van der Waals surface area contributed by atoms with Gasteiger partial charge in [-0.25, -0.2) is 4.79 Å². The lowest BCUT2D eigenvalue weighted by atomic mass is 10.1. The normalized spacial score (nSPS) is 9.43. The number of hydrogen-bond donors (Lipinski definition) is 1. The van der Waals surface area contributed by atoms with Crippen molar-refractivity contribution in [2.24, 2.45) is 0 Å². The van der Waals surface area contributed by atoms with Crippen molar-refractivity contribution < 1.29 is 9.90 Å². The van der Waals surface area contributed by atoms with E-state index in [1.807, 2.05) is 12.1 Å². The Morgan fingerprint density at radius 1 is 1.50 bits per heavy atom. The van der Waals surface area contributed by atoms with Gasteiger partial charge in [0.15, 0.2) is 0 Å². The molecule has 0 atom stereocenters. The van der Waals surface area contributed by atoms with Crippen LogP contribution in [0.1, 0.15) is 22.3 Å². The highest BCUT2D eigenvalue weighted by Gasteiger charge is 2.05. The molecule has 0 aliphatic carbocycles.